The molecule has 1 aromatic rings. The van der Waals surface area contributed by atoms with E-state index in [2.05, 4.69) is 10.2 Å². The number of rotatable bonds is 5. The molecule has 1 aliphatic carbocycles. The van der Waals surface area contributed by atoms with Gasteiger partial charge in [0.2, 0.25) is 0 Å². The molecule has 0 bridgehead atoms. The molecule has 1 heterocycles. The summed E-state index contributed by atoms with van der Waals surface area (Å²) in [4.78, 5) is 2.46. The maximum absolute atomic E-state index is 6.25. The lowest BCUT2D eigenvalue weighted by molar-refractivity contribution is 0.190. The summed E-state index contributed by atoms with van der Waals surface area (Å²) in [5.74, 6) is 0.968. The largest absolute Gasteiger partial charge is 0.314 e. The van der Waals surface area contributed by atoms with E-state index in [1.54, 1.807) is 0 Å². The van der Waals surface area contributed by atoms with E-state index in [0.29, 0.717) is 6.04 Å². The molecule has 1 aliphatic heterocycles. The number of likely N-dealkylation sites (tertiary alicyclic amines) is 1. The normalized spacial score (nSPS) is 20.3. The van der Waals surface area contributed by atoms with Gasteiger partial charge in [-0.2, -0.15) is 0 Å². The van der Waals surface area contributed by atoms with Crippen LogP contribution in [0.1, 0.15) is 31.2 Å². The highest BCUT2D eigenvalue weighted by atomic mass is 35.5. The Bertz CT molecular complexity index is 435. The van der Waals surface area contributed by atoms with Crippen LogP contribution in [0.4, 0.5) is 0 Å². The van der Waals surface area contributed by atoms with Gasteiger partial charge in [0.05, 0.1) is 0 Å². The minimum atomic E-state index is 0. The average molecular weight is 350 g/mol. The molecular weight excluding hydrogens is 327 g/mol. The third-order valence-electron chi connectivity index (χ3n) is 4.42. The summed E-state index contributed by atoms with van der Waals surface area (Å²) in [6.45, 7) is 4.35. The third-order valence-corrected chi connectivity index (χ3v) is 5.13. The van der Waals surface area contributed by atoms with Crippen LogP contribution in [0.2, 0.25) is 10.0 Å². The Hall–Kier alpha value is 0.01000. The molecule has 0 amide bonds. The molecule has 2 fully saturated rings. The predicted octanol–water partition coefficient (Wildman–Crippen LogP) is 4.38. The van der Waals surface area contributed by atoms with Crippen LogP contribution in [-0.4, -0.2) is 30.6 Å². The number of hydrogen-bond donors (Lipinski definition) is 1. The van der Waals surface area contributed by atoms with E-state index in [0.717, 1.165) is 41.2 Å². The highest BCUT2D eigenvalue weighted by Crippen LogP contribution is 2.29. The van der Waals surface area contributed by atoms with Crippen molar-refractivity contribution < 1.29 is 0 Å². The Morgan fingerprint density at radius 2 is 1.67 bits per heavy atom. The van der Waals surface area contributed by atoms with Crippen LogP contribution in [0.3, 0.4) is 0 Å². The zero-order valence-corrected chi connectivity index (χ0v) is 14.5. The van der Waals surface area contributed by atoms with E-state index in [-0.39, 0.29) is 12.4 Å². The summed E-state index contributed by atoms with van der Waals surface area (Å²) in [5.41, 5.74) is 1.07. The van der Waals surface area contributed by atoms with E-state index in [1.165, 1.54) is 32.2 Å². The summed E-state index contributed by atoms with van der Waals surface area (Å²) in [6, 6.07) is 6.45. The lowest BCUT2D eigenvalue weighted by atomic mass is 10.0. The fraction of sp³-hybridized carbons (Fsp3) is 0.625. The second-order valence-corrected chi connectivity index (χ2v) is 6.92. The minimum absolute atomic E-state index is 0. The van der Waals surface area contributed by atoms with Crippen LogP contribution in [0.5, 0.6) is 0 Å². The van der Waals surface area contributed by atoms with Gasteiger partial charge in [-0.05, 0) is 63.4 Å². The summed E-state index contributed by atoms with van der Waals surface area (Å²) >= 11 is 12.5. The van der Waals surface area contributed by atoms with Gasteiger partial charge in [-0.3, -0.25) is 4.90 Å². The number of piperidine rings is 1. The zero-order valence-electron chi connectivity index (χ0n) is 12.2. The van der Waals surface area contributed by atoms with Crippen molar-refractivity contribution in [1.29, 1.82) is 0 Å². The molecule has 0 radical (unpaired) electrons. The Morgan fingerprint density at radius 1 is 1.05 bits per heavy atom. The lowest BCUT2D eigenvalue weighted by Crippen LogP contribution is -2.42. The molecule has 118 valence electrons. The average Bonchev–Trinajstić information content (AvgIpc) is 3.26. The van der Waals surface area contributed by atoms with Crippen molar-refractivity contribution >= 4 is 35.6 Å². The minimum Gasteiger partial charge on any atom is -0.314 e. The second-order valence-electron chi connectivity index (χ2n) is 6.10. The zero-order chi connectivity index (χ0) is 13.9. The van der Waals surface area contributed by atoms with E-state index in [1.807, 2.05) is 18.2 Å². The second kappa shape index (κ2) is 8.03. The molecule has 5 heteroatoms. The summed E-state index contributed by atoms with van der Waals surface area (Å²) < 4.78 is 0. The van der Waals surface area contributed by atoms with Gasteiger partial charge in [-0.15, -0.1) is 12.4 Å². The molecule has 2 aliphatic rings. The molecular formula is C16H23Cl3N2. The van der Waals surface area contributed by atoms with Crippen molar-refractivity contribution in [3.63, 3.8) is 0 Å². The number of benzene rings is 1. The SMILES string of the molecule is Cl.Clc1cccc(Cl)c1CN1CCC(NCC2CC2)CC1. The standard InChI is InChI=1S/C16H22Cl2N2.ClH/c17-15-2-1-3-16(18)14(15)11-20-8-6-13(7-9-20)19-10-12-4-5-12;/h1-3,12-13,19H,4-11H2;1H. The van der Waals surface area contributed by atoms with Gasteiger partial charge < -0.3 is 5.32 Å². The van der Waals surface area contributed by atoms with Gasteiger partial charge in [0.1, 0.15) is 0 Å². The fourth-order valence-electron chi connectivity index (χ4n) is 2.86. The molecule has 1 N–H and O–H groups in total. The Labute approximate surface area is 143 Å². The van der Waals surface area contributed by atoms with Crippen molar-refractivity contribution in [2.75, 3.05) is 19.6 Å². The first-order valence-corrected chi connectivity index (χ1v) is 8.36. The van der Waals surface area contributed by atoms with Gasteiger partial charge in [-0.25, -0.2) is 0 Å². The first-order chi connectivity index (χ1) is 9.72. The Kier molecular flexibility index (Phi) is 6.64. The van der Waals surface area contributed by atoms with Crippen molar-refractivity contribution in [2.45, 2.75) is 38.3 Å². The monoisotopic (exact) mass is 348 g/mol. The molecule has 0 unspecified atom stereocenters. The molecule has 1 saturated heterocycles. The first-order valence-electron chi connectivity index (χ1n) is 7.61. The van der Waals surface area contributed by atoms with Gasteiger partial charge in [-0.1, -0.05) is 29.3 Å². The summed E-state index contributed by atoms with van der Waals surface area (Å²) in [6.07, 6.45) is 5.32. The first kappa shape index (κ1) is 17.4. The summed E-state index contributed by atoms with van der Waals surface area (Å²) in [5, 5.41) is 5.28. The van der Waals surface area contributed by atoms with Crippen molar-refractivity contribution in [3.8, 4) is 0 Å². The van der Waals surface area contributed by atoms with E-state index in [4.69, 9.17) is 23.2 Å². The fourth-order valence-corrected chi connectivity index (χ4v) is 3.37. The van der Waals surface area contributed by atoms with Crippen molar-refractivity contribution in [2.24, 2.45) is 5.92 Å². The number of nitrogens with one attached hydrogen (secondary N) is 1. The molecule has 3 rings (SSSR count). The summed E-state index contributed by atoms with van der Waals surface area (Å²) in [7, 11) is 0. The van der Waals surface area contributed by atoms with Gasteiger partial charge in [0, 0.05) is 28.2 Å². The maximum Gasteiger partial charge on any atom is 0.0465 e. The topological polar surface area (TPSA) is 15.3 Å². The van der Waals surface area contributed by atoms with Crippen LogP contribution in [0.15, 0.2) is 18.2 Å². The van der Waals surface area contributed by atoms with Crippen molar-refractivity contribution in [3.05, 3.63) is 33.8 Å². The smallest absolute Gasteiger partial charge is 0.0465 e. The van der Waals surface area contributed by atoms with Crippen LogP contribution >= 0.6 is 35.6 Å². The third kappa shape index (κ3) is 5.01. The quantitative estimate of drug-likeness (QED) is 0.848. The number of halogens is 3. The molecule has 0 aromatic heterocycles. The van der Waals surface area contributed by atoms with Gasteiger partial charge >= 0.3 is 0 Å². The van der Waals surface area contributed by atoms with E-state index in [9.17, 15) is 0 Å². The molecule has 21 heavy (non-hydrogen) atoms. The van der Waals surface area contributed by atoms with E-state index >= 15 is 0 Å². The molecule has 2 nitrogen and oxygen atoms in total. The lowest BCUT2D eigenvalue weighted by Gasteiger charge is -2.32. The van der Waals surface area contributed by atoms with Crippen LogP contribution in [-0.2, 0) is 6.54 Å². The highest BCUT2D eigenvalue weighted by Gasteiger charge is 2.24. The molecule has 1 saturated carbocycles. The van der Waals surface area contributed by atoms with Gasteiger partial charge in [0.15, 0.2) is 0 Å². The maximum atomic E-state index is 6.25. The predicted molar refractivity (Wildman–Crippen MR) is 92.7 cm³/mol. The van der Waals surface area contributed by atoms with Gasteiger partial charge in [0.25, 0.3) is 0 Å². The van der Waals surface area contributed by atoms with Crippen molar-refractivity contribution in [1.82, 2.24) is 10.2 Å². The van der Waals surface area contributed by atoms with Crippen LogP contribution in [0.25, 0.3) is 0 Å². The molecule has 1 aromatic carbocycles. The molecule has 0 atom stereocenters. The Morgan fingerprint density at radius 3 is 2.24 bits per heavy atom. The van der Waals surface area contributed by atoms with Crippen LogP contribution in [0, 0.1) is 5.92 Å². The highest BCUT2D eigenvalue weighted by molar-refractivity contribution is 6.35. The number of nitrogens with zero attached hydrogens (tertiary/aromatic N) is 1. The number of hydrogen-bond acceptors (Lipinski definition) is 2. The Balaban J connectivity index is 0.00000161. The van der Waals surface area contributed by atoms with E-state index < -0.39 is 0 Å². The molecule has 0 spiro atoms. The van der Waals surface area contributed by atoms with Crippen LogP contribution < -0.4 is 5.32 Å².